The Morgan fingerprint density at radius 3 is 2.78 bits per heavy atom. The SMILES string of the molecule is CCCc1c(C(=O)Nc2ccc(N3CCOCC3)nc2)sc2ccccc12. The number of aromatic nitrogens is 1. The number of nitrogens with zero attached hydrogens (tertiary/aromatic N) is 2. The van der Waals surface area contributed by atoms with Crippen LogP contribution in [-0.4, -0.2) is 37.2 Å². The Bertz CT molecular complexity index is 930. The van der Waals surface area contributed by atoms with E-state index >= 15 is 0 Å². The molecular formula is C21H23N3O2S. The van der Waals surface area contributed by atoms with Crippen LogP contribution in [0.15, 0.2) is 42.6 Å². The fourth-order valence-electron chi connectivity index (χ4n) is 3.41. The minimum absolute atomic E-state index is 0.0550. The van der Waals surface area contributed by atoms with E-state index in [0.29, 0.717) is 0 Å². The average Bonchev–Trinajstić information content (AvgIpc) is 3.08. The summed E-state index contributed by atoms with van der Waals surface area (Å²) in [5, 5.41) is 4.20. The highest BCUT2D eigenvalue weighted by molar-refractivity contribution is 7.21. The maximum absolute atomic E-state index is 12.9. The van der Waals surface area contributed by atoms with Gasteiger partial charge in [-0.15, -0.1) is 11.3 Å². The van der Waals surface area contributed by atoms with E-state index in [9.17, 15) is 4.79 Å². The topological polar surface area (TPSA) is 54.5 Å². The number of pyridine rings is 1. The third kappa shape index (κ3) is 3.82. The zero-order valence-corrected chi connectivity index (χ0v) is 16.2. The van der Waals surface area contributed by atoms with Crippen LogP contribution in [0, 0.1) is 0 Å². The van der Waals surface area contributed by atoms with Crippen LogP contribution in [0.2, 0.25) is 0 Å². The fourth-order valence-corrected chi connectivity index (χ4v) is 4.55. The second-order valence-electron chi connectivity index (χ2n) is 6.61. The van der Waals surface area contributed by atoms with E-state index in [4.69, 9.17) is 4.74 Å². The summed E-state index contributed by atoms with van der Waals surface area (Å²) in [4.78, 5) is 20.4. The van der Waals surface area contributed by atoms with Crippen LogP contribution >= 0.6 is 11.3 Å². The van der Waals surface area contributed by atoms with Crippen LogP contribution in [0.1, 0.15) is 28.6 Å². The minimum Gasteiger partial charge on any atom is -0.378 e. The number of fused-ring (bicyclic) bond motifs is 1. The molecule has 1 aliphatic heterocycles. The molecule has 140 valence electrons. The lowest BCUT2D eigenvalue weighted by molar-refractivity contribution is 0.103. The van der Waals surface area contributed by atoms with Gasteiger partial charge in [-0.1, -0.05) is 31.5 Å². The summed E-state index contributed by atoms with van der Waals surface area (Å²) < 4.78 is 6.54. The van der Waals surface area contributed by atoms with E-state index in [1.165, 1.54) is 5.39 Å². The first-order chi connectivity index (χ1) is 13.3. The van der Waals surface area contributed by atoms with Crippen molar-refractivity contribution in [3.05, 3.63) is 53.0 Å². The summed E-state index contributed by atoms with van der Waals surface area (Å²) in [7, 11) is 0. The second kappa shape index (κ2) is 8.06. The van der Waals surface area contributed by atoms with Gasteiger partial charge in [-0.2, -0.15) is 0 Å². The highest BCUT2D eigenvalue weighted by Gasteiger charge is 2.18. The standard InChI is InChI=1S/C21H23N3O2S/c1-2-5-17-16-6-3-4-7-18(16)27-20(17)21(25)23-15-8-9-19(22-14-15)24-10-12-26-13-11-24/h3-4,6-9,14H,2,5,10-13H2,1H3,(H,23,25). The molecule has 1 amide bonds. The molecule has 0 unspecified atom stereocenters. The molecule has 0 spiro atoms. The molecule has 2 aromatic heterocycles. The number of thiophene rings is 1. The predicted octanol–water partition coefficient (Wildman–Crippen LogP) is 4.34. The number of ether oxygens (including phenoxy) is 1. The van der Waals surface area contributed by atoms with Gasteiger partial charge in [0, 0.05) is 17.8 Å². The number of carbonyl (C=O) groups is 1. The van der Waals surface area contributed by atoms with Crippen molar-refractivity contribution in [1.29, 1.82) is 0 Å². The molecule has 4 rings (SSSR count). The van der Waals surface area contributed by atoms with E-state index in [-0.39, 0.29) is 5.91 Å². The number of hydrogen-bond acceptors (Lipinski definition) is 5. The highest BCUT2D eigenvalue weighted by atomic mass is 32.1. The maximum atomic E-state index is 12.9. The number of hydrogen-bond donors (Lipinski definition) is 1. The first-order valence-corrected chi connectivity index (χ1v) is 10.2. The van der Waals surface area contributed by atoms with Crippen LogP contribution in [0.25, 0.3) is 10.1 Å². The molecule has 3 heterocycles. The molecule has 0 atom stereocenters. The van der Waals surface area contributed by atoms with Gasteiger partial charge in [0.15, 0.2) is 0 Å². The van der Waals surface area contributed by atoms with E-state index < -0.39 is 0 Å². The van der Waals surface area contributed by atoms with Gasteiger partial charge in [0.05, 0.1) is 30.0 Å². The largest absolute Gasteiger partial charge is 0.378 e. The Kier molecular flexibility index (Phi) is 5.36. The summed E-state index contributed by atoms with van der Waals surface area (Å²) in [5.74, 6) is 0.866. The van der Waals surface area contributed by atoms with Crippen molar-refractivity contribution in [3.63, 3.8) is 0 Å². The van der Waals surface area contributed by atoms with Crippen molar-refractivity contribution in [1.82, 2.24) is 4.98 Å². The van der Waals surface area contributed by atoms with Gasteiger partial charge in [-0.05, 0) is 35.6 Å². The van der Waals surface area contributed by atoms with Gasteiger partial charge in [0.2, 0.25) is 0 Å². The van der Waals surface area contributed by atoms with E-state index in [2.05, 4.69) is 34.3 Å². The van der Waals surface area contributed by atoms with Gasteiger partial charge >= 0.3 is 0 Å². The smallest absolute Gasteiger partial charge is 0.266 e. The maximum Gasteiger partial charge on any atom is 0.266 e. The molecule has 1 aliphatic rings. The number of amides is 1. The Balaban J connectivity index is 1.53. The Morgan fingerprint density at radius 2 is 2.04 bits per heavy atom. The highest BCUT2D eigenvalue weighted by Crippen LogP contribution is 2.32. The number of aryl methyl sites for hydroxylation is 1. The zero-order chi connectivity index (χ0) is 18.6. The van der Waals surface area contributed by atoms with Crippen LogP contribution < -0.4 is 10.2 Å². The van der Waals surface area contributed by atoms with Crippen LogP contribution in [0.4, 0.5) is 11.5 Å². The summed E-state index contributed by atoms with van der Waals surface area (Å²) in [6.07, 6.45) is 3.65. The van der Waals surface area contributed by atoms with Gasteiger partial charge in [-0.3, -0.25) is 4.79 Å². The molecule has 0 saturated carbocycles. The Labute approximate surface area is 163 Å². The Morgan fingerprint density at radius 1 is 1.22 bits per heavy atom. The quantitative estimate of drug-likeness (QED) is 0.714. The lowest BCUT2D eigenvalue weighted by Crippen LogP contribution is -2.36. The number of anilines is 2. The van der Waals surface area contributed by atoms with Crippen molar-refractivity contribution in [2.24, 2.45) is 0 Å². The monoisotopic (exact) mass is 381 g/mol. The molecule has 1 aromatic carbocycles. The number of benzene rings is 1. The van der Waals surface area contributed by atoms with Crippen molar-refractivity contribution in [2.45, 2.75) is 19.8 Å². The molecule has 27 heavy (non-hydrogen) atoms. The van der Waals surface area contributed by atoms with E-state index in [1.54, 1.807) is 17.5 Å². The number of nitrogens with one attached hydrogen (secondary N) is 1. The van der Waals surface area contributed by atoms with Crippen molar-refractivity contribution < 1.29 is 9.53 Å². The van der Waals surface area contributed by atoms with Gasteiger partial charge in [0.25, 0.3) is 5.91 Å². The summed E-state index contributed by atoms with van der Waals surface area (Å²) >= 11 is 1.56. The van der Waals surface area contributed by atoms with Crippen molar-refractivity contribution in [3.8, 4) is 0 Å². The third-order valence-electron chi connectivity index (χ3n) is 4.75. The molecular weight excluding hydrogens is 358 g/mol. The van der Waals surface area contributed by atoms with Crippen molar-refractivity contribution >= 4 is 38.8 Å². The van der Waals surface area contributed by atoms with Gasteiger partial charge in [0.1, 0.15) is 5.82 Å². The molecule has 0 radical (unpaired) electrons. The van der Waals surface area contributed by atoms with E-state index in [0.717, 1.165) is 65.8 Å². The molecule has 1 fully saturated rings. The molecule has 0 bridgehead atoms. The lowest BCUT2D eigenvalue weighted by Gasteiger charge is -2.27. The van der Waals surface area contributed by atoms with Crippen molar-refractivity contribution in [2.75, 3.05) is 36.5 Å². The molecule has 6 heteroatoms. The molecule has 1 N–H and O–H groups in total. The minimum atomic E-state index is -0.0550. The van der Waals surface area contributed by atoms with Crippen LogP contribution in [0.3, 0.4) is 0 Å². The zero-order valence-electron chi connectivity index (χ0n) is 15.4. The first kappa shape index (κ1) is 17.9. The normalized spacial score (nSPS) is 14.5. The van der Waals surface area contributed by atoms with Gasteiger partial charge in [-0.25, -0.2) is 4.98 Å². The molecule has 0 aliphatic carbocycles. The summed E-state index contributed by atoms with van der Waals surface area (Å²) in [6, 6.07) is 12.1. The summed E-state index contributed by atoms with van der Waals surface area (Å²) in [5.41, 5.74) is 1.87. The molecule has 5 nitrogen and oxygen atoms in total. The second-order valence-corrected chi connectivity index (χ2v) is 7.67. The average molecular weight is 382 g/mol. The number of morpholine rings is 1. The summed E-state index contributed by atoms with van der Waals surface area (Å²) in [6.45, 7) is 5.29. The lowest BCUT2D eigenvalue weighted by atomic mass is 10.1. The van der Waals surface area contributed by atoms with E-state index in [1.807, 2.05) is 24.3 Å². The predicted molar refractivity (Wildman–Crippen MR) is 111 cm³/mol. The number of carbonyl (C=O) groups excluding carboxylic acids is 1. The van der Waals surface area contributed by atoms with Gasteiger partial charge < -0.3 is 15.0 Å². The molecule has 3 aromatic rings. The first-order valence-electron chi connectivity index (χ1n) is 9.36. The van der Waals surface area contributed by atoms with Crippen LogP contribution in [-0.2, 0) is 11.2 Å². The fraction of sp³-hybridized carbons (Fsp3) is 0.333. The van der Waals surface area contributed by atoms with Crippen LogP contribution in [0.5, 0.6) is 0 Å². The number of rotatable bonds is 5. The Hall–Kier alpha value is -2.44. The third-order valence-corrected chi connectivity index (χ3v) is 5.96. The molecule has 1 saturated heterocycles.